The Hall–Kier alpha value is -1.91. The highest BCUT2D eigenvalue weighted by Gasteiger charge is 2.61. The number of rotatable bonds is 5. The van der Waals surface area contributed by atoms with Gasteiger partial charge in [0.2, 0.25) is 5.91 Å². The lowest BCUT2D eigenvalue weighted by molar-refractivity contribution is -0.133. The van der Waals surface area contributed by atoms with E-state index in [2.05, 4.69) is 0 Å². The summed E-state index contributed by atoms with van der Waals surface area (Å²) < 4.78 is 13.2. The van der Waals surface area contributed by atoms with Gasteiger partial charge in [-0.25, -0.2) is 4.39 Å². The Bertz CT molecular complexity index is 749. The van der Waals surface area contributed by atoms with E-state index in [0.29, 0.717) is 18.0 Å². The first kappa shape index (κ1) is 16.9. The molecule has 1 aliphatic rings. The molecule has 2 aromatic rings. The van der Waals surface area contributed by atoms with E-state index in [9.17, 15) is 14.3 Å². The molecule has 0 bridgehead atoms. The van der Waals surface area contributed by atoms with Gasteiger partial charge in [-0.1, -0.05) is 41.9 Å². The average Bonchev–Trinajstić information content (AvgIpc) is 3.32. The van der Waals surface area contributed by atoms with Crippen LogP contribution in [0.5, 0.6) is 0 Å². The highest BCUT2D eigenvalue weighted by Crippen LogP contribution is 2.55. The highest BCUT2D eigenvalue weighted by molar-refractivity contribution is 6.31. The van der Waals surface area contributed by atoms with Crippen molar-refractivity contribution in [3.8, 4) is 0 Å². The lowest BCUT2D eigenvalue weighted by atomic mass is 9.91. The fourth-order valence-corrected chi connectivity index (χ4v) is 3.53. The molecule has 0 aromatic heterocycles. The number of carbonyl (C=O) groups excluding carboxylic acids is 1. The van der Waals surface area contributed by atoms with Crippen molar-refractivity contribution in [2.75, 3.05) is 13.7 Å². The van der Waals surface area contributed by atoms with Gasteiger partial charge in [-0.2, -0.15) is 0 Å². The summed E-state index contributed by atoms with van der Waals surface area (Å²) in [6.07, 6.45) is 0.570. The molecular formula is C19H19ClFNO2. The van der Waals surface area contributed by atoms with Crippen LogP contribution < -0.4 is 0 Å². The minimum Gasteiger partial charge on any atom is -0.396 e. The Morgan fingerprint density at radius 3 is 2.54 bits per heavy atom. The van der Waals surface area contributed by atoms with Crippen LogP contribution in [0.4, 0.5) is 4.39 Å². The molecule has 2 aromatic carbocycles. The van der Waals surface area contributed by atoms with Crippen LogP contribution in [0.2, 0.25) is 5.02 Å². The molecule has 0 unspecified atom stereocenters. The molecule has 0 saturated heterocycles. The summed E-state index contributed by atoms with van der Waals surface area (Å²) in [5, 5.41) is 10.2. The maximum Gasteiger partial charge on any atom is 0.233 e. The second-order valence-electron chi connectivity index (χ2n) is 6.31. The smallest absolute Gasteiger partial charge is 0.233 e. The monoisotopic (exact) mass is 347 g/mol. The fourth-order valence-electron chi connectivity index (χ4n) is 3.33. The van der Waals surface area contributed by atoms with Gasteiger partial charge in [0.1, 0.15) is 5.82 Å². The molecule has 126 valence electrons. The van der Waals surface area contributed by atoms with Gasteiger partial charge in [0.05, 0.1) is 5.41 Å². The molecule has 1 amide bonds. The SMILES string of the molecule is CN(Cc1ccccc1Cl)C(=O)[C@@]1(c2ccc(F)cc2)C[C@H]1CO. The second kappa shape index (κ2) is 6.54. The number of hydrogen-bond donors (Lipinski definition) is 1. The van der Waals surface area contributed by atoms with E-state index in [1.807, 2.05) is 18.2 Å². The summed E-state index contributed by atoms with van der Waals surface area (Å²) in [4.78, 5) is 14.7. The first-order valence-electron chi connectivity index (χ1n) is 7.85. The van der Waals surface area contributed by atoms with E-state index in [0.717, 1.165) is 11.1 Å². The summed E-state index contributed by atoms with van der Waals surface area (Å²) in [6, 6.07) is 13.4. The van der Waals surface area contributed by atoms with Crippen molar-refractivity contribution in [1.29, 1.82) is 0 Å². The Labute approximate surface area is 145 Å². The fraction of sp³-hybridized carbons (Fsp3) is 0.316. The van der Waals surface area contributed by atoms with Gasteiger partial charge in [0.15, 0.2) is 0 Å². The largest absolute Gasteiger partial charge is 0.396 e. The highest BCUT2D eigenvalue weighted by atomic mass is 35.5. The summed E-state index contributed by atoms with van der Waals surface area (Å²) in [5.74, 6) is -0.552. The third kappa shape index (κ3) is 2.92. The number of aliphatic hydroxyl groups excluding tert-OH is 1. The minimum absolute atomic E-state index is 0.0664. The van der Waals surface area contributed by atoms with Crippen LogP contribution in [-0.2, 0) is 16.8 Å². The number of nitrogens with zero attached hydrogens (tertiary/aromatic N) is 1. The van der Waals surface area contributed by atoms with Crippen molar-refractivity contribution in [3.63, 3.8) is 0 Å². The molecule has 3 nitrogen and oxygen atoms in total. The number of carbonyl (C=O) groups is 1. The van der Waals surface area contributed by atoms with E-state index >= 15 is 0 Å². The van der Waals surface area contributed by atoms with Crippen molar-refractivity contribution in [3.05, 3.63) is 70.5 Å². The summed E-state index contributed by atoms with van der Waals surface area (Å²) in [6.45, 7) is 0.322. The van der Waals surface area contributed by atoms with Crippen LogP contribution in [0.3, 0.4) is 0 Å². The van der Waals surface area contributed by atoms with Crippen molar-refractivity contribution in [2.45, 2.75) is 18.4 Å². The van der Waals surface area contributed by atoms with E-state index in [-0.39, 0.29) is 24.2 Å². The zero-order valence-corrected chi connectivity index (χ0v) is 14.1. The molecule has 1 aliphatic carbocycles. The van der Waals surface area contributed by atoms with E-state index in [1.54, 1.807) is 30.1 Å². The third-order valence-electron chi connectivity index (χ3n) is 4.78. The van der Waals surface area contributed by atoms with Crippen molar-refractivity contribution in [1.82, 2.24) is 4.90 Å². The van der Waals surface area contributed by atoms with Crippen LogP contribution in [-0.4, -0.2) is 29.6 Å². The Balaban J connectivity index is 1.85. The van der Waals surface area contributed by atoms with Crippen molar-refractivity contribution in [2.24, 2.45) is 5.92 Å². The number of halogens is 2. The first-order chi connectivity index (χ1) is 11.5. The maximum absolute atomic E-state index is 13.2. The number of hydrogen-bond acceptors (Lipinski definition) is 2. The number of likely N-dealkylation sites (N-methyl/N-ethyl adjacent to an activating group) is 1. The average molecular weight is 348 g/mol. The first-order valence-corrected chi connectivity index (χ1v) is 8.22. The molecule has 3 rings (SSSR count). The molecular weight excluding hydrogens is 329 g/mol. The van der Waals surface area contributed by atoms with E-state index < -0.39 is 5.41 Å². The molecule has 0 heterocycles. The molecule has 0 spiro atoms. The topological polar surface area (TPSA) is 40.5 Å². The van der Waals surface area contributed by atoms with Gasteiger partial charge in [-0.05, 0) is 35.7 Å². The Kier molecular flexibility index (Phi) is 4.61. The van der Waals surface area contributed by atoms with Gasteiger partial charge in [-0.15, -0.1) is 0 Å². The van der Waals surface area contributed by atoms with Crippen molar-refractivity contribution >= 4 is 17.5 Å². The molecule has 1 N–H and O–H groups in total. The number of amides is 1. The quantitative estimate of drug-likeness (QED) is 0.900. The Morgan fingerprint density at radius 2 is 1.96 bits per heavy atom. The zero-order valence-electron chi connectivity index (χ0n) is 13.4. The van der Waals surface area contributed by atoms with Gasteiger partial charge in [0.25, 0.3) is 0 Å². The lowest BCUT2D eigenvalue weighted by Gasteiger charge is -2.25. The molecule has 1 fully saturated rings. The van der Waals surface area contributed by atoms with Crippen LogP contribution in [0.25, 0.3) is 0 Å². The Morgan fingerprint density at radius 1 is 1.29 bits per heavy atom. The summed E-state index contributed by atoms with van der Waals surface area (Å²) in [7, 11) is 1.73. The normalized spacial score (nSPS) is 22.2. The molecule has 2 atom stereocenters. The molecule has 1 saturated carbocycles. The summed E-state index contributed by atoms with van der Waals surface area (Å²) >= 11 is 6.17. The van der Waals surface area contributed by atoms with Crippen LogP contribution in [0, 0.1) is 11.7 Å². The number of benzene rings is 2. The molecule has 0 aliphatic heterocycles. The zero-order chi connectivity index (χ0) is 17.3. The summed E-state index contributed by atoms with van der Waals surface area (Å²) in [5.41, 5.74) is 0.850. The standard InChI is InChI=1S/C19H19ClFNO2/c1-22(11-13-4-2-3-5-17(13)20)18(24)19(10-15(19)12-23)14-6-8-16(21)9-7-14/h2-9,15,23H,10-12H2,1H3/t15-,19+/m0/s1. The van der Waals surface area contributed by atoms with E-state index in [1.165, 1.54) is 12.1 Å². The minimum atomic E-state index is -0.765. The molecule has 5 heteroatoms. The number of aliphatic hydroxyl groups is 1. The third-order valence-corrected chi connectivity index (χ3v) is 5.15. The molecule has 0 radical (unpaired) electrons. The van der Waals surface area contributed by atoms with E-state index in [4.69, 9.17) is 11.6 Å². The predicted molar refractivity (Wildman–Crippen MR) is 91.2 cm³/mol. The van der Waals surface area contributed by atoms with Gasteiger partial charge in [0, 0.05) is 31.1 Å². The van der Waals surface area contributed by atoms with Gasteiger partial charge >= 0.3 is 0 Å². The molecule has 24 heavy (non-hydrogen) atoms. The second-order valence-corrected chi connectivity index (χ2v) is 6.72. The van der Waals surface area contributed by atoms with Gasteiger partial charge in [-0.3, -0.25) is 4.79 Å². The van der Waals surface area contributed by atoms with Crippen LogP contribution in [0.1, 0.15) is 17.5 Å². The van der Waals surface area contributed by atoms with Gasteiger partial charge < -0.3 is 10.0 Å². The van der Waals surface area contributed by atoms with Crippen LogP contribution in [0.15, 0.2) is 48.5 Å². The maximum atomic E-state index is 13.2. The van der Waals surface area contributed by atoms with Crippen LogP contribution >= 0.6 is 11.6 Å². The predicted octanol–water partition coefficient (Wildman–Crippen LogP) is 3.39. The van der Waals surface area contributed by atoms with Crippen molar-refractivity contribution < 1.29 is 14.3 Å². The lowest BCUT2D eigenvalue weighted by Crippen LogP contribution is -2.38.